The topological polar surface area (TPSA) is 35.5 Å². The van der Waals surface area contributed by atoms with Gasteiger partial charge in [0.2, 0.25) is 0 Å². The van der Waals surface area contributed by atoms with Crippen LogP contribution in [0.4, 0.5) is 0 Å². The highest BCUT2D eigenvalue weighted by atomic mass is 32.2. The molecule has 1 aromatic carbocycles. The Morgan fingerprint density at radius 1 is 1.32 bits per heavy atom. The lowest BCUT2D eigenvalue weighted by molar-refractivity contribution is 0.103. The van der Waals surface area contributed by atoms with Crippen molar-refractivity contribution in [2.24, 2.45) is 0 Å². The molecule has 1 aromatic rings. The fourth-order valence-electron chi connectivity index (χ4n) is 2.00. The van der Waals surface area contributed by atoms with Crippen LogP contribution in [0.1, 0.15) is 16.8 Å². The number of carbonyl (C=O) groups excluding carboxylic acids is 1. The Morgan fingerprint density at radius 3 is 2.68 bits per heavy atom. The minimum atomic E-state index is 0.0464. The monoisotopic (exact) mass is 296 g/mol. The Morgan fingerprint density at radius 2 is 2.05 bits per heavy atom. The van der Waals surface area contributed by atoms with E-state index >= 15 is 0 Å². The number of Topliss-reactive ketones (excluding diaryl/α,β-unsaturated/α-hetero) is 1. The summed E-state index contributed by atoms with van der Waals surface area (Å²) in [5.74, 6) is 1.36. The van der Waals surface area contributed by atoms with Gasteiger partial charge in [0, 0.05) is 16.2 Å². The summed E-state index contributed by atoms with van der Waals surface area (Å²) in [6.45, 7) is 0.533. The van der Waals surface area contributed by atoms with E-state index in [0.717, 1.165) is 9.81 Å². The average Bonchev–Trinajstić information content (AvgIpc) is 2.60. The lowest BCUT2D eigenvalue weighted by Gasteiger charge is -2.09. The minimum absolute atomic E-state index is 0.0464. The number of thioether (sulfide) groups is 2. The van der Waals surface area contributed by atoms with Gasteiger partial charge in [-0.1, -0.05) is 0 Å². The van der Waals surface area contributed by atoms with Crippen LogP contribution in [0.3, 0.4) is 0 Å². The number of hydrogen-bond donors (Lipinski definition) is 0. The number of ketones is 1. The third-order valence-electron chi connectivity index (χ3n) is 2.93. The summed E-state index contributed by atoms with van der Waals surface area (Å²) in [5, 5.41) is 0. The van der Waals surface area contributed by atoms with Crippen molar-refractivity contribution in [1.29, 1.82) is 0 Å². The summed E-state index contributed by atoms with van der Waals surface area (Å²) in [4.78, 5) is 12.6. The molecule has 0 atom stereocenters. The second-order valence-electron chi connectivity index (χ2n) is 3.96. The van der Waals surface area contributed by atoms with Gasteiger partial charge in [-0.15, -0.1) is 23.5 Å². The van der Waals surface area contributed by atoms with Gasteiger partial charge >= 0.3 is 0 Å². The largest absolute Gasteiger partial charge is 0.497 e. The Labute approximate surface area is 121 Å². The van der Waals surface area contributed by atoms with E-state index in [-0.39, 0.29) is 5.78 Å². The van der Waals surface area contributed by atoms with Crippen molar-refractivity contribution >= 4 is 29.3 Å². The molecule has 1 aliphatic rings. The molecule has 0 N–H and O–H groups in total. The van der Waals surface area contributed by atoms with Gasteiger partial charge in [-0.25, -0.2) is 0 Å². The highest BCUT2D eigenvalue weighted by molar-refractivity contribution is 8.21. The van der Waals surface area contributed by atoms with Crippen LogP contribution in [-0.4, -0.2) is 32.0 Å². The first-order valence-corrected chi connectivity index (χ1v) is 8.33. The van der Waals surface area contributed by atoms with Crippen molar-refractivity contribution in [3.05, 3.63) is 33.6 Å². The molecule has 102 valence electrons. The molecule has 2 rings (SSSR count). The summed E-state index contributed by atoms with van der Waals surface area (Å²) in [6.07, 6.45) is 4.63. The van der Waals surface area contributed by atoms with E-state index in [1.165, 1.54) is 0 Å². The summed E-state index contributed by atoms with van der Waals surface area (Å²) in [7, 11) is 1.59. The van der Waals surface area contributed by atoms with Crippen molar-refractivity contribution in [3.63, 3.8) is 0 Å². The molecule has 0 bridgehead atoms. The number of benzene rings is 1. The van der Waals surface area contributed by atoms with E-state index < -0.39 is 0 Å². The van der Waals surface area contributed by atoms with Crippen molar-refractivity contribution in [1.82, 2.24) is 0 Å². The summed E-state index contributed by atoms with van der Waals surface area (Å²) < 4.78 is 11.9. The van der Waals surface area contributed by atoms with E-state index in [1.807, 2.05) is 18.6 Å². The molecule has 0 amide bonds. The molecule has 19 heavy (non-hydrogen) atoms. The number of fused-ring (bicyclic) bond motifs is 1. The van der Waals surface area contributed by atoms with Crippen molar-refractivity contribution in [2.75, 3.05) is 26.2 Å². The molecule has 0 aromatic heterocycles. The maximum atomic E-state index is 12.6. The Balaban J connectivity index is 2.51. The third kappa shape index (κ3) is 2.92. The summed E-state index contributed by atoms with van der Waals surface area (Å²) in [5.41, 5.74) is 1.43. The lowest BCUT2D eigenvalue weighted by atomic mass is 10.0. The molecular weight excluding hydrogens is 280 g/mol. The van der Waals surface area contributed by atoms with Crippen molar-refractivity contribution in [3.8, 4) is 11.5 Å². The highest BCUT2D eigenvalue weighted by Crippen LogP contribution is 2.36. The molecule has 0 fully saturated rings. The molecule has 1 aliphatic heterocycles. The molecule has 0 saturated heterocycles. The van der Waals surface area contributed by atoms with E-state index in [4.69, 9.17) is 9.47 Å². The summed E-state index contributed by atoms with van der Waals surface area (Å²) in [6, 6.07) is 5.36. The first kappa shape index (κ1) is 14.3. The highest BCUT2D eigenvalue weighted by Gasteiger charge is 2.24. The van der Waals surface area contributed by atoms with Crippen molar-refractivity contribution in [2.45, 2.75) is 6.42 Å². The predicted molar refractivity (Wildman–Crippen MR) is 81.5 cm³/mol. The standard InChI is InChI=1S/C14H16O3S2/c1-16-9-4-5-12-11(8-9)13(15)10(6-7-17-12)14(18-2)19-3/h4-5,8H,6-7H2,1-3H3. The van der Waals surface area contributed by atoms with E-state index in [2.05, 4.69) is 0 Å². The quantitative estimate of drug-likeness (QED) is 0.796. The fraction of sp³-hybridized carbons (Fsp3) is 0.357. The number of hydrogen-bond acceptors (Lipinski definition) is 5. The van der Waals surface area contributed by atoms with Gasteiger partial charge in [-0.05, 0) is 30.7 Å². The first-order valence-electron chi connectivity index (χ1n) is 5.88. The molecule has 0 saturated carbocycles. The van der Waals surface area contributed by atoms with E-state index in [0.29, 0.717) is 30.1 Å². The van der Waals surface area contributed by atoms with E-state index in [9.17, 15) is 4.79 Å². The Kier molecular flexibility index (Phi) is 4.82. The molecule has 0 aliphatic carbocycles. The number of ether oxygens (including phenoxy) is 2. The van der Waals surface area contributed by atoms with Gasteiger partial charge < -0.3 is 9.47 Å². The van der Waals surface area contributed by atoms with Gasteiger partial charge in [-0.3, -0.25) is 4.79 Å². The molecule has 0 radical (unpaired) electrons. The number of carbonyl (C=O) groups is 1. The molecular formula is C14H16O3S2. The zero-order chi connectivity index (χ0) is 13.8. The zero-order valence-electron chi connectivity index (χ0n) is 11.2. The molecule has 0 unspecified atom stereocenters. The normalized spacial score (nSPS) is 14.5. The second-order valence-corrected chi connectivity index (χ2v) is 5.86. The van der Waals surface area contributed by atoms with Gasteiger partial charge in [0.05, 0.1) is 19.3 Å². The average molecular weight is 296 g/mol. The maximum Gasteiger partial charge on any atom is 0.194 e. The predicted octanol–water partition coefficient (Wildman–Crippen LogP) is 3.60. The SMILES string of the molecule is COc1ccc2c(c1)C(=O)C(=C(SC)SC)CCO2. The van der Waals surface area contributed by atoms with Crippen LogP contribution in [0.15, 0.2) is 28.0 Å². The van der Waals surface area contributed by atoms with E-state index in [1.54, 1.807) is 42.8 Å². The van der Waals surface area contributed by atoms with Gasteiger partial charge in [0.1, 0.15) is 11.5 Å². The third-order valence-corrected chi connectivity index (χ3v) is 5.17. The van der Waals surface area contributed by atoms with Crippen LogP contribution in [0.2, 0.25) is 0 Å². The van der Waals surface area contributed by atoms with Gasteiger partial charge in [-0.2, -0.15) is 0 Å². The van der Waals surface area contributed by atoms with Crippen LogP contribution in [-0.2, 0) is 0 Å². The molecule has 3 nitrogen and oxygen atoms in total. The van der Waals surface area contributed by atoms with Crippen LogP contribution >= 0.6 is 23.5 Å². The minimum Gasteiger partial charge on any atom is -0.497 e. The van der Waals surface area contributed by atoms with Crippen molar-refractivity contribution < 1.29 is 14.3 Å². The summed E-state index contributed by atoms with van der Waals surface area (Å²) >= 11 is 3.22. The Hall–Kier alpha value is -1.07. The van der Waals surface area contributed by atoms with Gasteiger partial charge in [0.25, 0.3) is 0 Å². The second kappa shape index (κ2) is 6.39. The van der Waals surface area contributed by atoms with Crippen LogP contribution in [0.5, 0.6) is 11.5 Å². The fourth-order valence-corrected chi connectivity index (χ4v) is 3.55. The lowest BCUT2D eigenvalue weighted by Crippen LogP contribution is -2.04. The smallest absolute Gasteiger partial charge is 0.194 e. The molecule has 5 heteroatoms. The number of rotatable bonds is 3. The number of methoxy groups -OCH3 is 1. The maximum absolute atomic E-state index is 12.6. The van der Waals surface area contributed by atoms with Crippen LogP contribution in [0, 0.1) is 0 Å². The first-order chi connectivity index (χ1) is 9.21. The molecule has 1 heterocycles. The molecule has 0 spiro atoms. The van der Waals surface area contributed by atoms with Crippen LogP contribution in [0.25, 0.3) is 0 Å². The van der Waals surface area contributed by atoms with Crippen LogP contribution < -0.4 is 9.47 Å². The zero-order valence-corrected chi connectivity index (χ0v) is 12.8. The van der Waals surface area contributed by atoms with Gasteiger partial charge in [0.15, 0.2) is 5.78 Å². The Bertz CT molecular complexity index is 517.